The van der Waals surface area contributed by atoms with Crippen molar-refractivity contribution in [1.82, 2.24) is 5.43 Å². The molecule has 3 heteroatoms. The summed E-state index contributed by atoms with van der Waals surface area (Å²) in [5, 5.41) is 0. The highest BCUT2D eigenvalue weighted by atomic mass is 16.5. The van der Waals surface area contributed by atoms with E-state index in [9.17, 15) is 0 Å². The van der Waals surface area contributed by atoms with E-state index in [0.29, 0.717) is 17.4 Å². The summed E-state index contributed by atoms with van der Waals surface area (Å²) < 4.78 is 5.36. The Morgan fingerprint density at radius 1 is 1.54 bits per heavy atom. The van der Waals surface area contributed by atoms with E-state index in [2.05, 4.69) is 26.2 Å². The standard InChI is InChI=1S/C10H22N2O/c1-10(2,3)6-9(12-11)8-4-5-13-7-8/h8-9,12H,4-7,11H2,1-3H3. The molecule has 0 radical (unpaired) electrons. The van der Waals surface area contributed by atoms with Crippen molar-refractivity contribution in [3.8, 4) is 0 Å². The SMILES string of the molecule is CC(C)(C)CC(NN)C1CCOC1. The molecule has 2 atom stereocenters. The number of ether oxygens (including phenoxy) is 1. The first-order valence-corrected chi connectivity index (χ1v) is 5.07. The number of nitrogens with two attached hydrogens (primary N) is 1. The molecule has 0 aromatic heterocycles. The van der Waals surface area contributed by atoms with Crippen molar-refractivity contribution in [1.29, 1.82) is 0 Å². The summed E-state index contributed by atoms with van der Waals surface area (Å²) in [7, 11) is 0. The molecule has 3 N–H and O–H groups in total. The first kappa shape index (κ1) is 11.0. The van der Waals surface area contributed by atoms with Gasteiger partial charge in [-0.25, -0.2) is 0 Å². The largest absolute Gasteiger partial charge is 0.381 e. The Morgan fingerprint density at radius 3 is 2.62 bits per heavy atom. The zero-order valence-electron chi connectivity index (χ0n) is 8.97. The van der Waals surface area contributed by atoms with Crippen LogP contribution in [0.3, 0.4) is 0 Å². The summed E-state index contributed by atoms with van der Waals surface area (Å²) in [5.74, 6) is 6.16. The van der Waals surface area contributed by atoms with Crippen LogP contribution in [0.5, 0.6) is 0 Å². The second-order valence-electron chi connectivity index (χ2n) is 5.16. The molecule has 2 unspecified atom stereocenters. The van der Waals surface area contributed by atoms with Gasteiger partial charge in [-0.3, -0.25) is 11.3 Å². The third kappa shape index (κ3) is 3.63. The number of rotatable bonds is 3. The highest BCUT2D eigenvalue weighted by Gasteiger charge is 2.28. The predicted octanol–water partition coefficient (Wildman–Crippen LogP) is 1.29. The van der Waals surface area contributed by atoms with Gasteiger partial charge in [-0.2, -0.15) is 0 Å². The fraction of sp³-hybridized carbons (Fsp3) is 1.00. The zero-order chi connectivity index (χ0) is 9.90. The van der Waals surface area contributed by atoms with Crippen LogP contribution < -0.4 is 11.3 Å². The molecule has 1 rings (SSSR count). The van der Waals surface area contributed by atoms with Crippen LogP contribution in [0.15, 0.2) is 0 Å². The maximum atomic E-state index is 5.55. The van der Waals surface area contributed by atoms with Gasteiger partial charge in [-0.1, -0.05) is 20.8 Å². The second-order valence-corrected chi connectivity index (χ2v) is 5.16. The van der Waals surface area contributed by atoms with Gasteiger partial charge in [0.1, 0.15) is 0 Å². The Morgan fingerprint density at radius 2 is 2.23 bits per heavy atom. The topological polar surface area (TPSA) is 47.3 Å². The monoisotopic (exact) mass is 186 g/mol. The van der Waals surface area contributed by atoms with Gasteiger partial charge in [0.05, 0.1) is 6.61 Å². The first-order chi connectivity index (χ1) is 6.03. The average Bonchev–Trinajstić information content (AvgIpc) is 2.50. The molecular weight excluding hydrogens is 164 g/mol. The molecule has 78 valence electrons. The van der Waals surface area contributed by atoms with E-state index in [1.807, 2.05) is 0 Å². The summed E-state index contributed by atoms with van der Waals surface area (Å²) in [4.78, 5) is 0. The predicted molar refractivity (Wildman–Crippen MR) is 54.1 cm³/mol. The molecule has 0 bridgehead atoms. The summed E-state index contributed by atoms with van der Waals surface area (Å²) in [5.41, 5.74) is 3.25. The second kappa shape index (κ2) is 4.40. The highest BCUT2D eigenvalue weighted by Crippen LogP contribution is 2.27. The maximum Gasteiger partial charge on any atom is 0.0510 e. The highest BCUT2D eigenvalue weighted by molar-refractivity contribution is 4.81. The lowest BCUT2D eigenvalue weighted by molar-refractivity contribution is 0.166. The Balaban J connectivity index is 2.42. The lowest BCUT2D eigenvalue weighted by atomic mass is 9.83. The van der Waals surface area contributed by atoms with Gasteiger partial charge < -0.3 is 4.74 Å². The first-order valence-electron chi connectivity index (χ1n) is 5.07. The van der Waals surface area contributed by atoms with Crippen molar-refractivity contribution < 1.29 is 4.74 Å². The molecule has 0 aromatic rings. The van der Waals surface area contributed by atoms with Crippen molar-refractivity contribution in [2.75, 3.05) is 13.2 Å². The van der Waals surface area contributed by atoms with E-state index in [4.69, 9.17) is 10.6 Å². The van der Waals surface area contributed by atoms with E-state index in [-0.39, 0.29) is 0 Å². The number of hydrazine groups is 1. The Kier molecular flexibility index (Phi) is 3.71. The van der Waals surface area contributed by atoms with Crippen molar-refractivity contribution in [3.63, 3.8) is 0 Å². The van der Waals surface area contributed by atoms with Crippen LogP contribution in [0.25, 0.3) is 0 Å². The minimum Gasteiger partial charge on any atom is -0.381 e. The maximum absolute atomic E-state index is 5.55. The molecule has 1 fully saturated rings. The van der Waals surface area contributed by atoms with Crippen molar-refractivity contribution >= 4 is 0 Å². The summed E-state index contributed by atoms with van der Waals surface area (Å²) >= 11 is 0. The summed E-state index contributed by atoms with van der Waals surface area (Å²) in [6.45, 7) is 8.49. The number of hydrogen-bond donors (Lipinski definition) is 2. The molecule has 0 spiro atoms. The number of hydrogen-bond acceptors (Lipinski definition) is 3. The lowest BCUT2D eigenvalue weighted by Gasteiger charge is -2.28. The van der Waals surface area contributed by atoms with Crippen LogP contribution in [-0.2, 0) is 4.74 Å². The van der Waals surface area contributed by atoms with Crippen LogP contribution in [-0.4, -0.2) is 19.3 Å². The van der Waals surface area contributed by atoms with E-state index >= 15 is 0 Å². The van der Waals surface area contributed by atoms with E-state index < -0.39 is 0 Å². The Hall–Kier alpha value is -0.120. The molecule has 13 heavy (non-hydrogen) atoms. The van der Waals surface area contributed by atoms with Gasteiger partial charge in [-0.15, -0.1) is 0 Å². The minimum atomic E-state index is 0.333. The molecular formula is C10H22N2O. The van der Waals surface area contributed by atoms with Gasteiger partial charge >= 0.3 is 0 Å². The lowest BCUT2D eigenvalue weighted by Crippen LogP contribution is -2.43. The molecule has 1 heterocycles. The van der Waals surface area contributed by atoms with Gasteiger partial charge in [0.25, 0.3) is 0 Å². The van der Waals surface area contributed by atoms with Crippen LogP contribution in [0.4, 0.5) is 0 Å². The van der Waals surface area contributed by atoms with Crippen molar-refractivity contribution in [3.05, 3.63) is 0 Å². The Labute approximate surface area is 81.0 Å². The number of nitrogens with one attached hydrogen (secondary N) is 1. The van der Waals surface area contributed by atoms with E-state index in [1.54, 1.807) is 0 Å². The normalized spacial score (nSPS) is 26.3. The molecule has 0 aliphatic carbocycles. The smallest absolute Gasteiger partial charge is 0.0510 e. The van der Waals surface area contributed by atoms with Crippen LogP contribution in [0.2, 0.25) is 0 Å². The van der Waals surface area contributed by atoms with E-state index in [1.165, 1.54) is 0 Å². The molecule has 3 nitrogen and oxygen atoms in total. The van der Waals surface area contributed by atoms with Gasteiger partial charge in [0.15, 0.2) is 0 Å². The van der Waals surface area contributed by atoms with Crippen molar-refractivity contribution in [2.45, 2.75) is 39.7 Å². The van der Waals surface area contributed by atoms with E-state index in [0.717, 1.165) is 26.1 Å². The fourth-order valence-electron chi connectivity index (χ4n) is 1.89. The Bertz CT molecular complexity index is 147. The fourth-order valence-corrected chi connectivity index (χ4v) is 1.89. The molecule has 0 aromatic carbocycles. The molecule has 1 aliphatic heterocycles. The molecule has 0 amide bonds. The van der Waals surface area contributed by atoms with Gasteiger partial charge in [0, 0.05) is 18.6 Å². The molecule has 0 saturated carbocycles. The van der Waals surface area contributed by atoms with Crippen molar-refractivity contribution in [2.24, 2.45) is 17.2 Å². The van der Waals surface area contributed by atoms with Crippen LogP contribution >= 0.6 is 0 Å². The third-order valence-electron chi connectivity index (χ3n) is 2.58. The summed E-state index contributed by atoms with van der Waals surface area (Å²) in [6.07, 6.45) is 2.25. The molecule has 1 aliphatic rings. The average molecular weight is 186 g/mol. The van der Waals surface area contributed by atoms with Gasteiger partial charge in [-0.05, 0) is 18.3 Å². The van der Waals surface area contributed by atoms with Crippen LogP contribution in [0.1, 0.15) is 33.6 Å². The molecule has 1 saturated heterocycles. The van der Waals surface area contributed by atoms with Crippen LogP contribution in [0, 0.1) is 11.3 Å². The summed E-state index contributed by atoms with van der Waals surface area (Å²) in [6, 6.07) is 0.405. The van der Waals surface area contributed by atoms with Gasteiger partial charge in [0.2, 0.25) is 0 Å². The minimum absolute atomic E-state index is 0.333. The zero-order valence-corrected chi connectivity index (χ0v) is 8.97. The third-order valence-corrected chi connectivity index (χ3v) is 2.58. The quantitative estimate of drug-likeness (QED) is 0.516.